The molecule has 2 heterocycles. The van der Waals surface area contributed by atoms with E-state index in [2.05, 4.69) is 199 Å². The molecule has 0 N–H and O–H groups in total. The zero-order valence-corrected chi connectivity index (χ0v) is 71.6. The van der Waals surface area contributed by atoms with E-state index in [4.69, 9.17) is 18.9 Å². The van der Waals surface area contributed by atoms with Crippen LogP contribution in [-0.2, 0) is 38.1 Å². The van der Waals surface area contributed by atoms with E-state index >= 15 is 14.4 Å². The molecule has 5 rings (SSSR count). The zero-order valence-electron chi connectivity index (χ0n) is 71.6. The highest BCUT2D eigenvalue weighted by molar-refractivity contribution is 5.78. The summed E-state index contributed by atoms with van der Waals surface area (Å²) >= 11 is 0. The van der Waals surface area contributed by atoms with Gasteiger partial charge in [-0.2, -0.15) is 0 Å². The van der Waals surface area contributed by atoms with Gasteiger partial charge in [0.15, 0.2) is 0 Å². The third kappa shape index (κ3) is 25.8. The van der Waals surface area contributed by atoms with Crippen molar-refractivity contribution in [2.45, 2.75) is 437 Å². The van der Waals surface area contributed by atoms with Crippen molar-refractivity contribution in [3.05, 3.63) is 0 Å². The molecule has 0 spiro atoms. The van der Waals surface area contributed by atoms with Gasteiger partial charge in [0.25, 0.3) is 0 Å². The Morgan fingerprint density at radius 1 is 0.550 bits per heavy atom. The number of hydrogen-bond acceptors (Lipinski definition) is 8. The highest BCUT2D eigenvalue weighted by Crippen LogP contribution is 2.60. The number of rotatable bonds is 44. The molecule has 0 radical (unpaired) electrons. The average molecular weight is 1400 g/mol. The molecular weight excluding hydrogens is 1230 g/mol. The Bertz CT molecular complexity index is 2550. The van der Waals surface area contributed by atoms with Crippen molar-refractivity contribution < 1.29 is 38.1 Å². The molecule has 3 aliphatic carbocycles. The van der Waals surface area contributed by atoms with Crippen LogP contribution in [0.5, 0.6) is 0 Å². The van der Waals surface area contributed by atoms with Crippen LogP contribution in [0.25, 0.3) is 0 Å². The van der Waals surface area contributed by atoms with E-state index in [0.717, 1.165) is 122 Å². The summed E-state index contributed by atoms with van der Waals surface area (Å²) in [5.41, 5.74) is -3.47. The van der Waals surface area contributed by atoms with E-state index < -0.39 is 16.2 Å². The van der Waals surface area contributed by atoms with Crippen molar-refractivity contribution in [2.75, 3.05) is 19.8 Å². The lowest BCUT2D eigenvalue weighted by atomic mass is 9.54. The Kier molecular flexibility index (Phi) is 31.2. The minimum atomic E-state index is -0.855. The van der Waals surface area contributed by atoms with Gasteiger partial charge in [0, 0.05) is 24.4 Å². The second kappa shape index (κ2) is 35.3. The maximum absolute atomic E-state index is 15.6. The predicted molar refractivity (Wildman–Crippen MR) is 421 cm³/mol. The quantitative estimate of drug-likeness (QED) is 0.0257. The van der Waals surface area contributed by atoms with Crippen LogP contribution in [0.3, 0.4) is 0 Å². The van der Waals surface area contributed by atoms with Crippen molar-refractivity contribution in [3.63, 3.8) is 0 Å². The predicted octanol–water partition coefficient (Wildman–Crippen LogP) is 25.7. The fraction of sp³-hybridized carbons (Fsp3) is 0.956. The number of esters is 3. The van der Waals surface area contributed by atoms with Crippen LogP contribution < -0.4 is 0 Å². The summed E-state index contributed by atoms with van der Waals surface area (Å²) in [7, 11) is 0. The summed E-state index contributed by atoms with van der Waals surface area (Å²) in [6.07, 6.45) is 36.3. The minimum Gasteiger partial charge on any atom is -0.465 e. The SMILES string of the molecule is CCCCCCCCCCCCOC(=O)C(C)(CC(C)(C)CC(C)(C)CC(C(=O)OC1CC2CCC1(C)C2)C(C)(C)CCCC(C)(C)C(CC(C)(C)C)N1CCCCCC1=O)C(C)(C)CCC(C)(C)CC(C)(C(=O)OCC(C)C)C(C)(C)CCC(C)(C)CC(C1CCC2OC2C1)C(C)(C)C. The summed E-state index contributed by atoms with van der Waals surface area (Å²) in [6, 6.07) is 0.150. The Morgan fingerprint density at radius 3 is 1.63 bits per heavy atom. The average Bonchev–Trinajstić information content (AvgIpc) is 1.54. The van der Waals surface area contributed by atoms with Gasteiger partial charge >= 0.3 is 17.9 Å². The van der Waals surface area contributed by atoms with Gasteiger partial charge in [-0.1, -0.05) is 251 Å². The van der Waals surface area contributed by atoms with Gasteiger partial charge in [-0.05, 0) is 233 Å². The summed E-state index contributed by atoms with van der Waals surface area (Å²) in [5, 5.41) is 0. The summed E-state index contributed by atoms with van der Waals surface area (Å²) in [4.78, 5) is 62.2. The molecule has 1 amide bonds. The van der Waals surface area contributed by atoms with Crippen LogP contribution in [0.4, 0.5) is 0 Å². The van der Waals surface area contributed by atoms with E-state index in [1.54, 1.807) is 0 Å². The lowest BCUT2D eigenvalue weighted by Gasteiger charge is -2.50. The number of carbonyl (C=O) groups is 4. The number of nitrogens with zero attached hydrogens (tertiary/aromatic N) is 1. The fourth-order valence-electron chi connectivity index (χ4n) is 20.6. The molecule has 3 saturated carbocycles. The lowest BCUT2D eigenvalue weighted by molar-refractivity contribution is -0.169. The highest BCUT2D eigenvalue weighted by Gasteiger charge is 2.57. The third-order valence-corrected chi connectivity index (χ3v) is 27.9. The topological polar surface area (TPSA) is 112 Å². The molecule has 5 fully saturated rings. The number of ether oxygens (including phenoxy) is 4. The lowest BCUT2D eigenvalue weighted by Crippen LogP contribution is -2.50. The molecule has 2 saturated heterocycles. The Hall–Kier alpha value is -2.16. The van der Waals surface area contributed by atoms with Crippen molar-refractivity contribution >= 4 is 23.8 Å². The standard InChI is InChI=1S/C91H167NO8/c1-29-30-31-32-33-34-35-36-37-41-55-97-77(95)91(28,88(24,25)53-51-82(12,13)64-90(27,78(96)98-62-66(2)3)87(22,23)52-50-81(10,11)59-69(80(7,8)9)68-44-45-71-72(57-68)99-71)65-84(16,17)63-83(14,15)60-70(76(94)100-74-56-67-46-49-89(74,26)58-67)85(18,19)47-42-48-86(20,21)73(61-79(4,5)6)92-54-40-38-39-43-75(92)93/h66-74H,29-65H2,1-28H3. The first-order chi connectivity index (χ1) is 45.7. The van der Waals surface area contributed by atoms with Crippen LogP contribution in [0.1, 0.15) is 412 Å². The molecule has 2 aliphatic heterocycles. The Morgan fingerprint density at radius 2 is 1.10 bits per heavy atom. The largest absolute Gasteiger partial charge is 0.465 e. The number of fused-ring (bicyclic) bond motifs is 3. The molecule has 2 bridgehead atoms. The van der Waals surface area contributed by atoms with E-state index in [1.165, 1.54) is 77.0 Å². The minimum absolute atomic E-state index is 0.0262. The molecule has 9 nitrogen and oxygen atoms in total. The van der Waals surface area contributed by atoms with Crippen LogP contribution >= 0.6 is 0 Å². The van der Waals surface area contributed by atoms with Crippen molar-refractivity contribution in [1.82, 2.24) is 4.90 Å². The van der Waals surface area contributed by atoms with Crippen LogP contribution in [0.2, 0.25) is 0 Å². The van der Waals surface area contributed by atoms with E-state index in [9.17, 15) is 4.79 Å². The molecule has 584 valence electrons. The summed E-state index contributed by atoms with van der Waals surface area (Å²) in [5.74, 6) is 1.93. The van der Waals surface area contributed by atoms with Crippen molar-refractivity contribution in [2.24, 2.45) is 100.0 Å². The number of carbonyl (C=O) groups excluding carboxylic acids is 4. The molecule has 0 aromatic rings. The monoisotopic (exact) mass is 1400 g/mol. The molecule has 0 aromatic heterocycles. The van der Waals surface area contributed by atoms with Gasteiger partial charge in [-0.3, -0.25) is 19.2 Å². The summed E-state index contributed by atoms with van der Waals surface area (Å²) in [6.45, 7) is 67.3. The number of likely N-dealkylation sites (tertiary alicyclic amines) is 1. The molecule has 11 unspecified atom stereocenters. The number of hydrogen-bond donors (Lipinski definition) is 0. The van der Waals surface area contributed by atoms with Gasteiger partial charge in [-0.15, -0.1) is 0 Å². The van der Waals surface area contributed by atoms with Gasteiger partial charge in [0.2, 0.25) is 5.91 Å². The highest BCUT2D eigenvalue weighted by atomic mass is 16.6. The summed E-state index contributed by atoms with van der Waals surface area (Å²) < 4.78 is 26.0. The van der Waals surface area contributed by atoms with E-state index in [0.29, 0.717) is 74.8 Å². The number of unbranched alkanes of at least 4 members (excludes halogenated alkanes) is 9. The third-order valence-electron chi connectivity index (χ3n) is 27.9. The maximum Gasteiger partial charge on any atom is 0.312 e. The first-order valence-electron chi connectivity index (χ1n) is 42.2. The second-order valence-electron chi connectivity index (χ2n) is 44.6. The van der Waals surface area contributed by atoms with Crippen molar-refractivity contribution in [1.29, 1.82) is 0 Å². The van der Waals surface area contributed by atoms with Gasteiger partial charge in [0.05, 0.1) is 42.2 Å². The van der Waals surface area contributed by atoms with Crippen LogP contribution in [-0.4, -0.2) is 72.8 Å². The zero-order chi connectivity index (χ0) is 75.6. The maximum atomic E-state index is 15.6. The number of epoxide rings is 1. The Balaban J connectivity index is 1.41. The number of amides is 1. The van der Waals surface area contributed by atoms with Crippen molar-refractivity contribution in [3.8, 4) is 0 Å². The molecule has 0 aromatic carbocycles. The van der Waals surface area contributed by atoms with Crippen LogP contribution in [0, 0.1) is 100.0 Å². The van der Waals surface area contributed by atoms with Gasteiger partial charge in [-0.25, -0.2) is 0 Å². The first kappa shape index (κ1) is 88.5. The van der Waals surface area contributed by atoms with Gasteiger partial charge in [0.1, 0.15) is 6.10 Å². The smallest absolute Gasteiger partial charge is 0.312 e. The normalized spacial score (nSPS) is 24.5. The van der Waals surface area contributed by atoms with Gasteiger partial charge < -0.3 is 23.8 Å². The Labute approximate surface area is 619 Å². The molecule has 5 aliphatic rings. The fourth-order valence-corrected chi connectivity index (χ4v) is 20.6. The van der Waals surface area contributed by atoms with E-state index in [-0.39, 0.29) is 96.0 Å². The molecule has 100 heavy (non-hydrogen) atoms. The van der Waals surface area contributed by atoms with Crippen LogP contribution in [0.15, 0.2) is 0 Å². The first-order valence-corrected chi connectivity index (χ1v) is 42.2. The second-order valence-corrected chi connectivity index (χ2v) is 44.6. The van der Waals surface area contributed by atoms with E-state index in [1.807, 2.05) is 0 Å². The molecule has 9 heteroatoms. The molecule has 11 atom stereocenters. The molecular formula is C91H167NO8.